The standard InChI is InChI=1S/C13H22F3N3/c1-3-5-7-8-10-19-11(9-6-4-2)12(17-18-19)13(14,15)16/h3-10H2,1-2H3. The van der Waals surface area contributed by atoms with Gasteiger partial charge < -0.3 is 0 Å². The van der Waals surface area contributed by atoms with Crippen molar-refractivity contribution in [3.63, 3.8) is 0 Å². The maximum atomic E-state index is 12.8. The van der Waals surface area contributed by atoms with Crippen molar-refractivity contribution >= 4 is 0 Å². The highest BCUT2D eigenvalue weighted by molar-refractivity contribution is 5.14. The van der Waals surface area contributed by atoms with E-state index in [-0.39, 0.29) is 5.69 Å². The zero-order valence-electron chi connectivity index (χ0n) is 11.6. The van der Waals surface area contributed by atoms with Crippen molar-refractivity contribution in [1.29, 1.82) is 0 Å². The van der Waals surface area contributed by atoms with Crippen LogP contribution in [0, 0.1) is 0 Å². The van der Waals surface area contributed by atoms with Gasteiger partial charge in [0.05, 0.1) is 5.69 Å². The maximum Gasteiger partial charge on any atom is 0.437 e. The van der Waals surface area contributed by atoms with E-state index in [1.807, 2.05) is 6.92 Å². The SMILES string of the molecule is CCCCCCn1nnc(C(F)(F)F)c1CCCC. The summed E-state index contributed by atoms with van der Waals surface area (Å²) in [7, 11) is 0. The minimum absolute atomic E-state index is 0.242. The van der Waals surface area contributed by atoms with Crippen LogP contribution in [-0.4, -0.2) is 15.0 Å². The Balaban J connectivity index is 2.76. The lowest BCUT2D eigenvalue weighted by Crippen LogP contribution is -2.12. The lowest BCUT2D eigenvalue weighted by atomic mass is 10.1. The Morgan fingerprint density at radius 2 is 1.68 bits per heavy atom. The summed E-state index contributed by atoms with van der Waals surface area (Å²) in [6.07, 6.45) is 1.66. The minimum atomic E-state index is -4.40. The predicted octanol–water partition coefficient (Wildman–Crippen LogP) is 4.22. The van der Waals surface area contributed by atoms with Crippen LogP contribution in [0.3, 0.4) is 0 Å². The molecule has 0 aliphatic rings. The Morgan fingerprint density at radius 1 is 1.00 bits per heavy atom. The minimum Gasteiger partial charge on any atom is -0.249 e. The highest BCUT2D eigenvalue weighted by Gasteiger charge is 2.38. The van der Waals surface area contributed by atoms with Gasteiger partial charge in [-0.2, -0.15) is 13.2 Å². The van der Waals surface area contributed by atoms with Crippen LogP contribution >= 0.6 is 0 Å². The molecule has 0 spiro atoms. The molecule has 0 aromatic carbocycles. The third kappa shape index (κ3) is 4.84. The molecule has 0 bridgehead atoms. The zero-order chi connectivity index (χ0) is 14.3. The molecular weight excluding hydrogens is 255 g/mol. The first kappa shape index (κ1) is 16.0. The summed E-state index contributed by atoms with van der Waals surface area (Å²) in [5, 5.41) is 7.01. The Labute approximate surface area is 112 Å². The summed E-state index contributed by atoms with van der Waals surface area (Å²) in [5.74, 6) is 0. The highest BCUT2D eigenvalue weighted by atomic mass is 19.4. The van der Waals surface area contributed by atoms with Crippen molar-refractivity contribution in [2.75, 3.05) is 0 Å². The van der Waals surface area contributed by atoms with Crippen molar-refractivity contribution in [3.8, 4) is 0 Å². The van der Waals surface area contributed by atoms with E-state index < -0.39 is 11.9 Å². The molecule has 0 amide bonds. The van der Waals surface area contributed by atoms with E-state index >= 15 is 0 Å². The molecule has 0 N–H and O–H groups in total. The lowest BCUT2D eigenvalue weighted by Gasteiger charge is -2.09. The highest BCUT2D eigenvalue weighted by Crippen LogP contribution is 2.30. The number of hydrogen-bond donors (Lipinski definition) is 0. The van der Waals surface area contributed by atoms with E-state index in [0.717, 1.165) is 38.5 Å². The Bertz CT molecular complexity index is 372. The van der Waals surface area contributed by atoms with E-state index in [1.54, 1.807) is 0 Å². The quantitative estimate of drug-likeness (QED) is 0.666. The molecule has 1 aromatic rings. The van der Waals surface area contributed by atoms with Crippen molar-refractivity contribution in [3.05, 3.63) is 11.4 Å². The number of aryl methyl sites for hydroxylation is 1. The molecule has 6 heteroatoms. The summed E-state index contributed by atoms with van der Waals surface area (Å²) in [6, 6.07) is 0. The van der Waals surface area contributed by atoms with Crippen LogP contribution < -0.4 is 0 Å². The van der Waals surface area contributed by atoms with Crippen molar-refractivity contribution in [2.24, 2.45) is 0 Å². The second-order valence-corrected chi connectivity index (χ2v) is 4.77. The largest absolute Gasteiger partial charge is 0.437 e. The molecule has 1 heterocycles. The van der Waals surface area contributed by atoms with Gasteiger partial charge in [-0.25, -0.2) is 4.68 Å². The topological polar surface area (TPSA) is 30.7 Å². The van der Waals surface area contributed by atoms with Crippen molar-refractivity contribution in [1.82, 2.24) is 15.0 Å². The Morgan fingerprint density at radius 3 is 2.26 bits per heavy atom. The van der Waals surface area contributed by atoms with E-state index in [9.17, 15) is 13.2 Å². The monoisotopic (exact) mass is 277 g/mol. The van der Waals surface area contributed by atoms with Gasteiger partial charge >= 0.3 is 6.18 Å². The number of halogens is 3. The van der Waals surface area contributed by atoms with Crippen LogP contribution in [0.5, 0.6) is 0 Å². The second kappa shape index (κ2) is 7.50. The third-order valence-electron chi connectivity index (χ3n) is 3.10. The number of unbranched alkanes of at least 4 members (excludes halogenated alkanes) is 4. The molecule has 1 aromatic heterocycles. The molecule has 0 saturated carbocycles. The molecule has 19 heavy (non-hydrogen) atoms. The molecule has 3 nitrogen and oxygen atoms in total. The van der Waals surface area contributed by atoms with Crippen LogP contribution in [0.2, 0.25) is 0 Å². The normalized spacial score (nSPS) is 12.1. The number of alkyl halides is 3. The molecule has 0 unspecified atom stereocenters. The van der Waals surface area contributed by atoms with Gasteiger partial charge in [-0.15, -0.1) is 5.10 Å². The first-order chi connectivity index (χ1) is 9.00. The molecule has 0 fully saturated rings. The summed E-state index contributed by atoms with van der Waals surface area (Å²) >= 11 is 0. The van der Waals surface area contributed by atoms with Crippen molar-refractivity contribution < 1.29 is 13.2 Å². The fourth-order valence-electron chi connectivity index (χ4n) is 2.01. The summed E-state index contributed by atoms with van der Waals surface area (Å²) in [4.78, 5) is 0. The smallest absolute Gasteiger partial charge is 0.249 e. The molecule has 0 aliphatic heterocycles. The molecule has 1 rings (SSSR count). The Hall–Kier alpha value is -1.07. The van der Waals surface area contributed by atoms with Gasteiger partial charge in [-0.05, 0) is 19.3 Å². The second-order valence-electron chi connectivity index (χ2n) is 4.77. The van der Waals surface area contributed by atoms with Gasteiger partial charge in [-0.1, -0.05) is 44.7 Å². The number of hydrogen-bond acceptors (Lipinski definition) is 2. The zero-order valence-corrected chi connectivity index (χ0v) is 11.6. The molecule has 0 radical (unpaired) electrons. The Kier molecular flexibility index (Phi) is 6.31. The van der Waals surface area contributed by atoms with E-state index in [0.29, 0.717) is 13.0 Å². The van der Waals surface area contributed by atoms with E-state index in [1.165, 1.54) is 4.68 Å². The summed E-state index contributed by atoms with van der Waals surface area (Å²) in [5.41, 5.74) is -0.567. The van der Waals surface area contributed by atoms with Crippen LogP contribution in [0.4, 0.5) is 13.2 Å². The average Bonchev–Trinajstić information content (AvgIpc) is 2.75. The van der Waals surface area contributed by atoms with E-state index in [4.69, 9.17) is 0 Å². The van der Waals surface area contributed by atoms with Gasteiger partial charge in [0.25, 0.3) is 0 Å². The van der Waals surface area contributed by atoms with Gasteiger partial charge in [0.1, 0.15) is 0 Å². The first-order valence-corrected chi connectivity index (χ1v) is 7.00. The van der Waals surface area contributed by atoms with Crippen LogP contribution in [0.1, 0.15) is 63.8 Å². The van der Waals surface area contributed by atoms with Gasteiger partial charge in [-0.3, -0.25) is 0 Å². The molecule has 0 atom stereocenters. The molecule has 110 valence electrons. The van der Waals surface area contributed by atoms with E-state index in [2.05, 4.69) is 17.2 Å². The maximum absolute atomic E-state index is 12.8. The first-order valence-electron chi connectivity index (χ1n) is 7.00. The molecule has 0 aliphatic carbocycles. The van der Waals surface area contributed by atoms with Crippen molar-refractivity contribution in [2.45, 2.75) is 71.5 Å². The summed E-state index contributed by atoms with van der Waals surface area (Å²) < 4.78 is 39.9. The number of rotatable bonds is 8. The summed E-state index contributed by atoms with van der Waals surface area (Å²) in [6.45, 7) is 4.59. The predicted molar refractivity (Wildman–Crippen MR) is 67.8 cm³/mol. The molecular formula is C13H22F3N3. The third-order valence-corrected chi connectivity index (χ3v) is 3.10. The van der Waals surface area contributed by atoms with Crippen LogP contribution in [-0.2, 0) is 19.1 Å². The fraction of sp³-hybridized carbons (Fsp3) is 0.846. The van der Waals surface area contributed by atoms with Gasteiger partial charge in [0.2, 0.25) is 0 Å². The van der Waals surface area contributed by atoms with Gasteiger partial charge in [0, 0.05) is 6.54 Å². The fourth-order valence-corrected chi connectivity index (χ4v) is 2.01. The number of nitrogens with zero attached hydrogens (tertiary/aromatic N) is 3. The average molecular weight is 277 g/mol. The van der Waals surface area contributed by atoms with Crippen LogP contribution in [0.25, 0.3) is 0 Å². The van der Waals surface area contributed by atoms with Crippen LogP contribution in [0.15, 0.2) is 0 Å². The number of aromatic nitrogens is 3. The van der Waals surface area contributed by atoms with Gasteiger partial charge in [0.15, 0.2) is 5.69 Å². The lowest BCUT2D eigenvalue weighted by molar-refractivity contribution is -0.141. The molecule has 0 saturated heterocycles.